The van der Waals surface area contributed by atoms with Gasteiger partial charge in [-0.05, 0) is 43.2 Å². The van der Waals surface area contributed by atoms with Crippen LogP contribution in [0, 0.1) is 13.8 Å². The smallest absolute Gasteiger partial charge is 0.246 e. The largest absolute Gasteiger partial charge is 0.360 e. The third kappa shape index (κ3) is 3.00. The number of benzene rings is 2. The number of rotatable bonds is 4. The van der Waals surface area contributed by atoms with E-state index in [2.05, 4.69) is 9.88 Å². The van der Waals surface area contributed by atoms with Crippen LogP contribution in [0.25, 0.3) is 10.8 Å². The summed E-state index contributed by atoms with van der Waals surface area (Å²) in [4.78, 5) is 0.116. The Bertz CT molecular complexity index is 941. The van der Waals surface area contributed by atoms with E-state index in [1.807, 2.05) is 49.4 Å². The van der Waals surface area contributed by atoms with E-state index in [4.69, 9.17) is 4.52 Å². The van der Waals surface area contributed by atoms with Crippen LogP contribution in [0.15, 0.2) is 51.9 Å². The Morgan fingerprint density at radius 2 is 1.78 bits per heavy atom. The standard InChI is InChI=1S/C17H18N2O3S/c1-11(15-9-8-14-6-4-5-7-16(14)10-15)19-23(20,21)17-12(2)18-22-13(17)3/h4-11,19H,1-3H3/t11-/m1/s1. The Hall–Kier alpha value is -2.18. The van der Waals surface area contributed by atoms with E-state index >= 15 is 0 Å². The molecule has 120 valence electrons. The highest BCUT2D eigenvalue weighted by Crippen LogP contribution is 2.24. The molecule has 1 N–H and O–H groups in total. The first-order chi connectivity index (χ1) is 10.9. The van der Waals surface area contributed by atoms with Crippen molar-refractivity contribution in [1.82, 2.24) is 9.88 Å². The molecule has 23 heavy (non-hydrogen) atoms. The van der Waals surface area contributed by atoms with Crippen molar-refractivity contribution in [2.75, 3.05) is 0 Å². The van der Waals surface area contributed by atoms with Crippen molar-refractivity contribution in [1.29, 1.82) is 0 Å². The zero-order chi connectivity index (χ0) is 16.6. The van der Waals surface area contributed by atoms with Gasteiger partial charge < -0.3 is 4.52 Å². The summed E-state index contributed by atoms with van der Waals surface area (Å²) < 4.78 is 32.8. The second kappa shape index (κ2) is 5.79. The molecule has 2 aromatic carbocycles. The first-order valence-corrected chi connectivity index (χ1v) is 8.81. The maximum absolute atomic E-state index is 12.6. The summed E-state index contributed by atoms with van der Waals surface area (Å²) in [6.07, 6.45) is 0. The van der Waals surface area contributed by atoms with Gasteiger partial charge in [0.05, 0.1) is 0 Å². The topological polar surface area (TPSA) is 72.2 Å². The van der Waals surface area contributed by atoms with Gasteiger partial charge in [-0.25, -0.2) is 13.1 Å². The van der Waals surface area contributed by atoms with E-state index in [-0.39, 0.29) is 10.9 Å². The van der Waals surface area contributed by atoms with Gasteiger partial charge >= 0.3 is 0 Å². The molecule has 1 heterocycles. The lowest BCUT2D eigenvalue weighted by Gasteiger charge is -2.15. The van der Waals surface area contributed by atoms with E-state index in [0.717, 1.165) is 16.3 Å². The van der Waals surface area contributed by atoms with Gasteiger partial charge in [0, 0.05) is 6.04 Å². The van der Waals surface area contributed by atoms with E-state index in [9.17, 15) is 8.42 Å². The highest BCUT2D eigenvalue weighted by atomic mass is 32.2. The zero-order valence-electron chi connectivity index (χ0n) is 13.2. The van der Waals surface area contributed by atoms with Crippen molar-refractivity contribution in [2.24, 2.45) is 0 Å². The fraction of sp³-hybridized carbons (Fsp3) is 0.235. The second-order valence-electron chi connectivity index (χ2n) is 5.60. The van der Waals surface area contributed by atoms with Crippen molar-refractivity contribution in [3.63, 3.8) is 0 Å². The minimum atomic E-state index is -3.69. The van der Waals surface area contributed by atoms with Crippen LogP contribution in [0.5, 0.6) is 0 Å². The number of nitrogens with one attached hydrogen (secondary N) is 1. The highest BCUT2D eigenvalue weighted by molar-refractivity contribution is 7.89. The summed E-state index contributed by atoms with van der Waals surface area (Å²) >= 11 is 0. The lowest BCUT2D eigenvalue weighted by Crippen LogP contribution is -2.27. The van der Waals surface area contributed by atoms with E-state index in [1.165, 1.54) is 0 Å². The summed E-state index contributed by atoms with van der Waals surface area (Å²) in [5, 5.41) is 5.91. The molecule has 3 rings (SSSR count). The maximum atomic E-state index is 12.6. The van der Waals surface area contributed by atoms with Crippen LogP contribution in [0.4, 0.5) is 0 Å². The molecule has 0 saturated heterocycles. The van der Waals surface area contributed by atoms with Crippen molar-refractivity contribution in [3.8, 4) is 0 Å². The molecule has 0 saturated carbocycles. The number of hydrogen-bond donors (Lipinski definition) is 1. The third-order valence-electron chi connectivity index (χ3n) is 3.84. The maximum Gasteiger partial charge on any atom is 0.246 e. The van der Waals surface area contributed by atoms with Gasteiger partial charge in [0.15, 0.2) is 5.76 Å². The molecule has 0 unspecified atom stereocenters. The van der Waals surface area contributed by atoms with Crippen LogP contribution >= 0.6 is 0 Å². The molecule has 6 heteroatoms. The number of aryl methyl sites for hydroxylation is 2. The molecule has 0 amide bonds. The molecule has 5 nitrogen and oxygen atoms in total. The van der Waals surface area contributed by atoms with E-state index in [1.54, 1.807) is 13.8 Å². The van der Waals surface area contributed by atoms with Gasteiger partial charge in [-0.1, -0.05) is 41.6 Å². The number of hydrogen-bond acceptors (Lipinski definition) is 4. The lowest BCUT2D eigenvalue weighted by atomic mass is 10.0. The van der Waals surface area contributed by atoms with Crippen LogP contribution < -0.4 is 4.72 Å². The molecule has 0 fully saturated rings. The number of fused-ring (bicyclic) bond motifs is 1. The fourth-order valence-corrected chi connectivity index (χ4v) is 4.26. The zero-order valence-corrected chi connectivity index (χ0v) is 14.0. The highest BCUT2D eigenvalue weighted by Gasteiger charge is 2.26. The van der Waals surface area contributed by atoms with Crippen LogP contribution in [-0.2, 0) is 10.0 Å². The Kier molecular flexibility index (Phi) is 3.95. The Morgan fingerprint density at radius 1 is 1.09 bits per heavy atom. The molecule has 0 aliphatic carbocycles. The molecule has 0 radical (unpaired) electrons. The second-order valence-corrected chi connectivity index (χ2v) is 7.25. The van der Waals surface area contributed by atoms with Crippen molar-refractivity contribution < 1.29 is 12.9 Å². The van der Waals surface area contributed by atoms with Gasteiger partial charge in [-0.3, -0.25) is 0 Å². The van der Waals surface area contributed by atoms with Crippen molar-refractivity contribution >= 4 is 20.8 Å². The van der Waals surface area contributed by atoms with Gasteiger partial charge in [0.2, 0.25) is 10.0 Å². The quantitative estimate of drug-likeness (QED) is 0.795. The fourth-order valence-electron chi connectivity index (χ4n) is 2.70. The SMILES string of the molecule is Cc1noc(C)c1S(=O)(=O)N[C@H](C)c1ccc2ccccc2c1. The average molecular weight is 330 g/mol. The average Bonchev–Trinajstić information content (AvgIpc) is 2.86. The molecule has 0 bridgehead atoms. The summed E-state index contributed by atoms with van der Waals surface area (Å²) in [6, 6.07) is 13.5. The Labute approximate surface area is 135 Å². The van der Waals surface area contributed by atoms with Crippen molar-refractivity contribution in [3.05, 3.63) is 59.5 Å². The molecule has 3 aromatic rings. The van der Waals surface area contributed by atoms with Gasteiger partial charge in [-0.15, -0.1) is 0 Å². The number of sulfonamides is 1. The molecule has 0 spiro atoms. The molecule has 0 aliphatic rings. The first kappa shape index (κ1) is 15.7. The normalized spacial score (nSPS) is 13.3. The predicted octanol–water partition coefficient (Wildman–Crippen LogP) is 3.48. The molecule has 0 aliphatic heterocycles. The Morgan fingerprint density at radius 3 is 2.43 bits per heavy atom. The summed E-state index contributed by atoms with van der Waals surface area (Å²) in [5.74, 6) is 0.292. The molecular weight excluding hydrogens is 312 g/mol. The predicted molar refractivity (Wildman–Crippen MR) is 88.7 cm³/mol. The summed E-state index contributed by atoms with van der Waals surface area (Å²) in [7, 11) is -3.69. The monoisotopic (exact) mass is 330 g/mol. The van der Waals surface area contributed by atoms with Gasteiger partial charge in [0.25, 0.3) is 0 Å². The third-order valence-corrected chi connectivity index (χ3v) is 5.63. The minimum Gasteiger partial charge on any atom is -0.360 e. The van der Waals surface area contributed by atoms with E-state index in [0.29, 0.717) is 11.5 Å². The van der Waals surface area contributed by atoms with Crippen LogP contribution in [-0.4, -0.2) is 13.6 Å². The first-order valence-electron chi connectivity index (χ1n) is 7.32. The van der Waals surface area contributed by atoms with Crippen LogP contribution in [0.2, 0.25) is 0 Å². The number of nitrogens with zero attached hydrogens (tertiary/aromatic N) is 1. The number of aromatic nitrogens is 1. The molecule has 1 atom stereocenters. The van der Waals surface area contributed by atoms with Gasteiger partial charge in [-0.2, -0.15) is 0 Å². The van der Waals surface area contributed by atoms with Crippen LogP contribution in [0.3, 0.4) is 0 Å². The van der Waals surface area contributed by atoms with Crippen molar-refractivity contribution in [2.45, 2.75) is 31.7 Å². The summed E-state index contributed by atoms with van der Waals surface area (Å²) in [5.41, 5.74) is 1.26. The molecule has 1 aromatic heterocycles. The van der Waals surface area contributed by atoms with Gasteiger partial charge in [0.1, 0.15) is 10.6 Å². The van der Waals surface area contributed by atoms with E-state index < -0.39 is 10.0 Å². The Balaban J connectivity index is 1.92. The minimum absolute atomic E-state index is 0.116. The lowest BCUT2D eigenvalue weighted by molar-refractivity contribution is 0.390. The molecular formula is C17H18N2O3S. The van der Waals surface area contributed by atoms with Crippen LogP contribution in [0.1, 0.15) is 30.0 Å². The summed E-state index contributed by atoms with van der Waals surface area (Å²) in [6.45, 7) is 5.03.